The molecule has 62 valence electrons. The lowest BCUT2D eigenvalue weighted by Crippen LogP contribution is -1.82. The van der Waals surface area contributed by atoms with Crippen LogP contribution in [0.5, 0.6) is 0 Å². The third kappa shape index (κ3) is 1.39. The Morgan fingerprint density at radius 1 is 1.33 bits per heavy atom. The Labute approximate surface area is 103 Å². The van der Waals surface area contributed by atoms with E-state index in [1.54, 1.807) is 0 Å². The Morgan fingerprint density at radius 2 is 2.08 bits per heavy atom. The molecule has 0 saturated carbocycles. The smallest absolute Gasteiger partial charge is 0.0489 e. The van der Waals surface area contributed by atoms with Crippen LogP contribution >= 0.6 is 56.5 Å². The Hall–Kier alpha value is 0.640. The van der Waals surface area contributed by atoms with Crippen LogP contribution in [0.1, 0.15) is 5.56 Å². The summed E-state index contributed by atoms with van der Waals surface area (Å²) in [7, 11) is 0. The minimum absolute atomic E-state index is 1.36. The number of aryl methyl sites for hydroxylation is 1. The van der Waals surface area contributed by atoms with E-state index in [1.807, 2.05) is 11.3 Å². The van der Waals surface area contributed by atoms with Crippen LogP contribution in [0.15, 0.2) is 17.5 Å². The van der Waals surface area contributed by atoms with Crippen molar-refractivity contribution in [2.45, 2.75) is 6.92 Å². The van der Waals surface area contributed by atoms with Crippen molar-refractivity contribution < 1.29 is 0 Å². The standard InChI is InChI=1S/C9H6I2S/c1-5-4-7(10)6-2-3-12-9(6)8(5)11/h2-4H,1H3. The molecule has 0 atom stereocenters. The molecule has 0 aliphatic heterocycles. The van der Waals surface area contributed by atoms with Gasteiger partial charge in [-0.3, -0.25) is 0 Å². The normalized spacial score (nSPS) is 10.9. The van der Waals surface area contributed by atoms with Gasteiger partial charge in [-0.1, -0.05) is 0 Å². The third-order valence-electron chi connectivity index (χ3n) is 1.81. The van der Waals surface area contributed by atoms with Crippen LogP contribution < -0.4 is 0 Å². The minimum atomic E-state index is 1.36. The van der Waals surface area contributed by atoms with Crippen molar-refractivity contribution >= 4 is 66.6 Å². The predicted octanol–water partition coefficient (Wildman–Crippen LogP) is 4.42. The van der Waals surface area contributed by atoms with Gasteiger partial charge in [0.15, 0.2) is 0 Å². The maximum Gasteiger partial charge on any atom is 0.0489 e. The van der Waals surface area contributed by atoms with Crippen molar-refractivity contribution in [1.82, 2.24) is 0 Å². The largest absolute Gasteiger partial charge is 0.143 e. The summed E-state index contributed by atoms with van der Waals surface area (Å²) in [5, 5.41) is 3.56. The van der Waals surface area contributed by atoms with Gasteiger partial charge in [0.25, 0.3) is 0 Å². The van der Waals surface area contributed by atoms with Gasteiger partial charge in [0.2, 0.25) is 0 Å². The molecule has 0 saturated heterocycles. The number of halogens is 2. The lowest BCUT2D eigenvalue weighted by atomic mass is 10.2. The molecule has 0 amide bonds. The predicted molar refractivity (Wildman–Crippen MR) is 72.0 cm³/mol. The van der Waals surface area contributed by atoms with Gasteiger partial charge in [-0.25, -0.2) is 0 Å². The van der Waals surface area contributed by atoms with Crippen LogP contribution in [0.3, 0.4) is 0 Å². The molecule has 2 rings (SSSR count). The van der Waals surface area contributed by atoms with Gasteiger partial charge in [0, 0.05) is 17.2 Å². The lowest BCUT2D eigenvalue weighted by molar-refractivity contribution is 1.46. The van der Waals surface area contributed by atoms with Crippen molar-refractivity contribution in [1.29, 1.82) is 0 Å². The van der Waals surface area contributed by atoms with E-state index in [0.717, 1.165) is 0 Å². The Kier molecular flexibility index (Phi) is 2.62. The van der Waals surface area contributed by atoms with Gasteiger partial charge in [0.05, 0.1) is 0 Å². The highest BCUT2D eigenvalue weighted by molar-refractivity contribution is 14.1. The van der Waals surface area contributed by atoms with Crippen LogP contribution in [0, 0.1) is 14.1 Å². The number of hydrogen-bond acceptors (Lipinski definition) is 1. The van der Waals surface area contributed by atoms with E-state index < -0.39 is 0 Å². The molecular weight excluding hydrogens is 394 g/mol. The Morgan fingerprint density at radius 3 is 2.83 bits per heavy atom. The number of fused-ring (bicyclic) bond motifs is 1. The fourth-order valence-corrected chi connectivity index (χ4v) is 4.01. The molecule has 2 aromatic rings. The molecule has 0 radical (unpaired) electrons. The van der Waals surface area contributed by atoms with E-state index in [1.165, 1.54) is 22.8 Å². The van der Waals surface area contributed by atoms with Crippen LogP contribution in [0.2, 0.25) is 0 Å². The molecule has 0 spiro atoms. The first kappa shape index (κ1) is 9.21. The summed E-state index contributed by atoms with van der Waals surface area (Å²) in [5.41, 5.74) is 1.38. The topological polar surface area (TPSA) is 0 Å². The zero-order chi connectivity index (χ0) is 8.72. The van der Waals surface area contributed by atoms with Crippen molar-refractivity contribution in [2.24, 2.45) is 0 Å². The van der Waals surface area contributed by atoms with Gasteiger partial charge >= 0.3 is 0 Å². The molecule has 3 heteroatoms. The molecule has 0 unspecified atom stereocenters. The monoisotopic (exact) mass is 400 g/mol. The van der Waals surface area contributed by atoms with Gasteiger partial charge in [0.1, 0.15) is 0 Å². The molecule has 1 heterocycles. The van der Waals surface area contributed by atoms with E-state index in [-0.39, 0.29) is 0 Å². The lowest BCUT2D eigenvalue weighted by Gasteiger charge is -2.01. The molecule has 0 N–H and O–H groups in total. The minimum Gasteiger partial charge on any atom is -0.143 e. The maximum atomic E-state index is 2.42. The highest BCUT2D eigenvalue weighted by atomic mass is 127. The van der Waals surface area contributed by atoms with Gasteiger partial charge in [-0.2, -0.15) is 0 Å². The van der Waals surface area contributed by atoms with Gasteiger partial charge in [-0.15, -0.1) is 11.3 Å². The van der Waals surface area contributed by atoms with E-state index in [9.17, 15) is 0 Å². The Balaban J connectivity index is 2.97. The van der Waals surface area contributed by atoms with E-state index in [4.69, 9.17) is 0 Å². The highest BCUT2D eigenvalue weighted by Gasteiger charge is 2.06. The first-order valence-corrected chi connectivity index (χ1v) is 6.55. The average Bonchev–Trinajstić information content (AvgIpc) is 2.48. The zero-order valence-electron chi connectivity index (χ0n) is 6.40. The van der Waals surface area contributed by atoms with E-state index in [0.29, 0.717) is 0 Å². The SMILES string of the molecule is Cc1cc(I)c2ccsc2c1I. The molecule has 12 heavy (non-hydrogen) atoms. The summed E-state index contributed by atoms with van der Waals surface area (Å²) >= 11 is 6.65. The number of hydrogen-bond donors (Lipinski definition) is 0. The fraction of sp³-hybridized carbons (Fsp3) is 0.111. The summed E-state index contributed by atoms with van der Waals surface area (Å²) in [4.78, 5) is 0. The second-order valence-electron chi connectivity index (χ2n) is 2.65. The first-order chi connectivity index (χ1) is 5.70. The van der Waals surface area contributed by atoms with Crippen molar-refractivity contribution in [3.8, 4) is 0 Å². The summed E-state index contributed by atoms with van der Waals surface area (Å²) in [6.07, 6.45) is 0. The van der Waals surface area contributed by atoms with Crippen molar-refractivity contribution in [3.63, 3.8) is 0 Å². The van der Waals surface area contributed by atoms with Crippen LogP contribution in [0.25, 0.3) is 10.1 Å². The zero-order valence-corrected chi connectivity index (χ0v) is 11.5. The molecule has 0 bridgehead atoms. The summed E-state index contributed by atoms with van der Waals surface area (Å²) in [6.45, 7) is 2.17. The van der Waals surface area contributed by atoms with Crippen LogP contribution in [0.4, 0.5) is 0 Å². The van der Waals surface area contributed by atoms with E-state index in [2.05, 4.69) is 69.6 Å². The third-order valence-corrected chi connectivity index (χ3v) is 5.39. The molecule has 0 aliphatic rings. The molecule has 1 aromatic heterocycles. The Bertz CT molecular complexity index is 431. The quantitative estimate of drug-likeness (QED) is 0.575. The maximum absolute atomic E-state index is 2.42. The number of benzene rings is 1. The fourth-order valence-electron chi connectivity index (χ4n) is 1.18. The van der Waals surface area contributed by atoms with Crippen molar-refractivity contribution in [2.75, 3.05) is 0 Å². The first-order valence-electron chi connectivity index (χ1n) is 3.52. The number of thiophene rings is 1. The second kappa shape index (κ2) is 3.42. The number of rotatable bonds is 0. The molecule has 0 aliphatic carbocycles. The summed E-state index contributed by atoms with van der Waals surface area (Å²) in [6, 6.07) is 4.45. The van der Waals surface area contributed by atoms with Crippen molar-refractivity contribution in [3.05, 3.63) is 30.2 Å². The molecule has 0 fully saturated rings. The van der Waals surface area contributed by atoms with E-state index >= 15 is 0 Å². The van der Waals surface area contributed by atoms with Crippen LogP contribution in [-0.4, -0.2) is 0 Å². The average molecular weight is 400 g/mol. The van der Waals surface area contributed by atoms with Gasteiger partial charge in [-0.05, 0) is 75.2 Å². The van der Waals surface area contributed by atoms with Gasteiger partial charge < -0.3 is 0 Å². The molecule has 1 aromatic carbocycles. The molecule has 0 nitrogen and oxygen atoms in total. The molecular formula is C9H6I2S. The highest BCUT2D eigenvalue weighted by Crippen LogP contribution is 2.32. The summed E-state index contributed by atoms with van der Waals surface area (Å²) < 4.78 is 4.19. The second-order valence-corrected chi connectivity index (χ2v) is 5.81. The summed E-state index contributed by atoms with van der Waals surface area (Å²) in [5.74, 6) is 0. The van der Waals surface area contributed by atoms with Crippen LogP contribution in [-0.2, 0) is 0 Å².